The molecule has 0 aliphatic carbocycles. The lowest BCUT2D eigenvalue weighted by Gasteiger charge is -2.18. The van der Waals surface area contributed by atoms with Crippen molar-refractivity contribution in [2.75, 3.05) is 25.5 Å². The third kappa shape index (κ3) is 5.18. The van der Waals surface area contributed by atoms with Crippen molar-refractivity contribution in [3.8, 4) is 0 Å². The molecule has 17 heavy (non-hydrogen) atoms. The molecule has 3 nitrogen and oxygen atoms in total. The Balaban J connectivity index is 2.48. The van der Waals surface area contributed by atoms with Crippen molar-refractivity contribution in [3.63, 3.8) is 0 Å². The number of aromatic nitrogens is 1. The van der Waals surface area contributed by atoms with Crippen LogP contribution in [-0.4, -0.2) is 30.0 Å². The van der Waals surface area contributed by atoms with Gasteiger partial charge < -0.3 is 10.2 Å². The summed E-state index contributed by atoms with van der Waals surface area (Å²) < 4.78 is 0. The summed E-state index contributed by atoms with van der Waals surface area (Å²) in [7, 11) is 2.18. The predicted molar refractivity (Wildman–Crippen MR) is 74.3 cm³/mol. The normalized spacial score (nSPS) is 10.8. The summed E-state index contributed by atoms with van der Waals surface area (Å²) in [5, 5.41) is 3.31. The minimum atomic E-state index is 0.920. The Kier molecular flexibility index (Phi) is 6.63. The van der Waals surface area contributed by atoms with E-state index in [-0.39, 0.29) is 0 Å². The Morgan fingerprint density at radius 3 is 2.82 bits per heavy atom. The summed E-state index contributed by atoms with van der Waals surface area (Å²) in [6.07, 6.45) is 5.73. The average Bonchev–Trinajstić information content (AvgIpc) is 2.32. The van der Waals surface area contributed by atoms with E-state index in [2.05, 4.69) is 42.2 Å². The van der Waals surface area contributed by atoms with Crippen molar-refractivity contribution in [2.24, 2.45) is 0 Å². The van der Waals surface area contributed by atoms with E-state index in [1.54, 1.807) is 0 Å². The van der Waals surface area contributed by atoms with Crippen LogP contribution in [0.5, 0.6) is 0 Å². The zero-order valence-corrected chi connectivity index (χ0v) is 11.4. The van der Waals surface area contributed by atoms with Gasteiger partial charge in [-0.05, 0) is 33.0 Å². The van der Waals surface area contributed by atoms with Gasteiger partial charge >= 0.3 is 0 Å². The molecule has 96 valence electrons. The van der Waals surface area contributed by atoms with Crippen molar-refractivity contribution in [1.82, 2.24) is 9.88 Å². The summed E-state index contributed by atoms with van der Waals surface area (Å²) in [6.45, 7) is 7.39. The Bertz CT molecular complexity index is 312. The Morgan fingerprint density at radius 2 is 2.12 bits per heavy atom. The van der Waals surface area contributed by atoms with E-state index in [0.29, 0.717) is 0 Å². The van der Waals surface area contributed by atoms with Gasteiger partial charge in [-0.2, -0.15) is 0 Å². The topological polar surface area (TPSA) is 28.2 Å². The maximum atomic E-state index is 4.38. The summed E-state index contributed by atoms with van der Waals surface area (Å²) in [6, 6.07) is 4.16. The van der Waals surface area contributed by atoms with Crippen LogP contribution < -0.4 is 5.32 Å². The van der Waals surface area contributed by atoms with Crippen molar-refractivity contribution >= 4 is 5.82 Å². The molecule has 0 saturated carbocycles. The summed E-state index contributed by atoms with van der Waals surface area (Å²) in [5.41, 5.74) is 1.29. The van der Waals surface area contributed by atoms with E-state index in [1.807, 2.05) is 12.3 Å². The van der Waals surface area contributed by atoms with E-state index in [4.69, 9.17) is 0 Å². The van der Waals surface area contributed by atoms with Crippen LogP contribution in [0.25, 0.3) is 0 Å². The van der Waals surface area contributed by atoms with Gasteiger partial charge in [0.05, 0.1) is 0 Å². The lowest BCUT2D eigenvalue weighted by molar-refractivity contribution is 0.318. The van der Waals surface area contributed by atoms with Crippen LogP contribution in [-0.2, 0) is 6.54 Å². The molecule has 1 heterocycles. The van der Waals surface area contributed by atoms with E-state index in [0.717, 1.165) is 25.5 Å². The van der Waals surface area contributed by atoms with Gasteiger partial charge in [-0.1, -0.05) is 25.8 Å². The molecule has 0 unspecified atom stereocenters. The van der Waals surface area contributed by atoms with Gasteiger partial charge in [0.2, 0.25) is 0 Å². The van der Waals surface area contributed by atoms with E-state index in [1.165, 1.54) is 24.8 Å². The molecule has 3 heteroatoms. The highest BCUT2D eigenvalue weighted by Gasteiger charge is 2.05. The highest BCUT2D eigenvalue weighted by atomic mass is 15.1. The van der Waals surface area contributed by atoms with Crippen LogP contribution in [0.4, 0.5) is 5.82 Å². The van der Waals surface area contributed by atoms with Crippen LogP contribution in [0.3, 0.4) is 0 Å². The highest BCUT2D eigenvalue weighted by molar-refractivity contribution is 5.43. The quantitative estimate of drug-likeness (QED) is 0.702. The molecular weight excluding hydrogens is 210 g/mol. The summed E-state index contributed by atoms with van der Waals surface area (Å²) in [4.78, 5) is 6.75. The Morgan fingerprint density at radius 1 is 1.29 bits per heavy atom. The van der Waals surface area contributed by atoms with Crippen LogP contribution >= 0.6 is 0 Å². The number of anilines is 1. The fourth-order valence-electron chi connectivity index (χ4n) is 1.89. The molecule has 0 amide bonds. The molecule has 1 aromatic rings. The van der Waals surface area contributed by atoms with Crippen molar-refractivity contribution < 1.29 is 0 Å². The molecule has 0 aromatic carbocycles. The van der Waals surface area contributed by atoms with Gasteiger partial charge in [-0.3, -0.25) is 0 Å². The molecule has 0 aliphatic rings. The van der Waals surface area contributed by atoms with Crippen LogP contribution in [0, 0.1) is 0 Å². The smallest absolute Gasteiger partial charge is 0.130 e. The molecule has 1 aromatic heterocycles. The van der Waals surface area contributed by atoms with Gasteiger partial charge in [0.15, 0.2) is 0 Å². The highest BCUT2D eigenvalue weighted by Crippen LogP contribution is 2.13. The third-order valence-corrected chi connectivity index (χ3v) is 2.82. The Labute approximate surface area is 105 Å². The maximum Gasteiger partial charge on any atom is 0.130 e. The van der Waals surface area contributed by atoms with Crippen molar-refractivity contribution in [1.29, 1.82) is 0 Å². The number of hydrogen-bond donors (Lipinski definition) is 1. The molecule has 0 atom stereocenters. The van der Waals surface area contributed by atoms with Gasteiger partial charge in [0.1, 0.15) is 5.82 Å². The number of nitrogens with one attached hydrogen (secondary N) is 1. The summed E-state index contributed by atoms with van der Waals surface area (Å²) in [5.74, 6) is 1.03. The first-order valence-corrected chi connectivity index (χ1v) is 6.64. The lowest BCUT2D eigenvalue weighted by Crippen LogP contribution is -2.20. The number of unbranched alkanes of at least 4 members (excludes halogenated alkanes) is 2. The first-order chi connectivity index (χ1) is 8.27. The predicted octanol–water partition coefficient (Wildman–Crippen LogP) is 3.14. The van der Waals surface area contributed by atoms with Crippen molar-refractivity contribution in [2.45, 2.75) is 39.7 Å². The van der Waals surface area contributed by atoms with Gasteiger partial charge in [0, 0.05) is 24.8 Å². The molecule has 0 fully saturated rings. The number of pyridine rings is 1. The molecular formula is C14H25N3. The van der Waals surface area contributed by atoms with Gasteiger partial charge in [-0.25, -0.2) is 4.98 Å². The minimum Gasteiger partial charge on any atom is -0.370 e. The molecule has 0 radical (unpaired) electrons. The third-order valence-electron chi connectivity index (χ3n) is 2.82. The van der Waals surface area contributed by atoms with Crippen LogP contribution in [0.2, 0.25) is 0 Å². The number of rotatable bonds is 8. The van der Waals surface area contributed by atoms with E-state index in [9.17, 15) is 0 Å². The standard InChI is InChI=1S/C14H25N3/c1-4-6-7-11-17(3)12-13-9-8-10-16-14(13)15-5-2/h8-10H,4-7,11-12H2,1-3H3,(H,15,16). The van der Waals surface area contributed by atoms with E-state index < -0.39 is 0 Å². The average molecular weight is 235 g/mol. The largest absolute Gasteiger partial charge is 0.370 e. The molecule has 0 aliphatic heterocycles. The first kappa shape index (κ1) is 14.0. The monoisotopic (exact) mass is 235 g/mol. The molecule has 1 N–H and O–H groups in total. The SMILES string of the molecule is CCCCCN(C)Cc1cccnc1NCC. The second-order valence-corrected chi connectivity index (χ2v) is 4.49. The van der Waals surface area contributed by atoms with Gasteiger partial charge in [-0.15, -0.1) is 0 Å². The van der Waals surface area contributed by atoms with Crippen LogP contribution in [0.1, 0.15) is 38.7 Å². The summed E-state index contributed by atoms with van der Waals surface area (Å²) >= 11 is 0. The number of nitrogens with zero attached hydrogens (tertiary/aromatic N) is 2. The molecule has 1 rings (SSSR count). The zero-order chi connectivity index (χ0) is 12.5. The molecule has 0 bridgehead atoms. The Hall–Kier alpha value is -1.09. The maximum absolute atomic E-state index is 4.38. The lowest BCUT2D eigenvalue weighted by atomic mass is 10.2. The fraction of sp³-hybridized carbons (Fsp3) is 0.643. The van der Waals surface area contributed by atoms with Crippen LogP contribution in [0.15, 0.2) is 18.3 Å². The number of hydrogen-bond acceptors (Lipinski definition) is 3. The van der Waals surface area contributed by atoms with E-state index >= 15 is 0 Å². The molecule has 0 saturated heterocycles. The first-order valence-electron chi connectivity index (χ1n) is 6.64. The minimum absolute atomic E-state index is 0.920. The van der Waals surface area contributed by atoms with Crippen molar-refractivity contribution in [3.05, 3.63) is 23.9 Å². The second-order valence-electron chi connectivity index (χ2n) is 4.49. The van der Waals surface area contributed by atoms with Gasteiger partial charge in [0.25, 0.3) is 0 Å². The second kappa shape index (κ2) is 8.07. The molecule has 0 spiro atoms. The fourth-order valence-corrected chi connectivity index (χ4v) is 1.89. The zero-order valence-electron chi connectivity index (χ0n) is 11.4.